The fraction of sp³-hybridized carbons (Fsp3) is 0.520. The predicted molar refractivity (Wildman–Crippen MR) is 131 cm³/mol. The first-order valence-electron chi connectivity index (χ1n) is 12.5. The van der Waals surface area contributed by atoms with Gasteiger partial charge >= 0.3 is 6.03 Å². The number of rotatable bonds is 5. The van der Waals surface area contributed by atoms with E-state index in [1.54, 1.807) is 0 Å². The third-order valence-electron chi connectivity index (χ3n) is 7.21. The first-order valence-corrected chi connectivity index (χ1v) is 12.5. The van der Waals surface area contributed by atoms with Gasteiger partial charge in [0.05, 0.1) is 23.8 Å². The van der Waals surface area contributed by atoms with Gasteiger partial charge in [0.2, 0.25) is 0 Å². The van der Waals surface area contributed by atoms with Crippen molar-refractivity contribution in [2.24, 2.45) is 0 Å². The van der Waals surface area contributed by atoms with E-state index in [-0.39, 0.29) is 24.3 Å². The number of aromatic nitrogens is 4. The zero-order valence-electron chi connectivity index (χ0n) is 19.5. The Morgan fingerprint density at radius 3 is 2.50 bits per heavy atom. The summed E-state index contributed by atoms with van der Waals surface area (Å²) in [6, 6.07) is 7.88. The number of urea groups is 1. The number of carbonyl (C=O) groups is 1. The average molecular weight is 462 g/mol. The molecule has 9 heteroatoms. The fourth-order valence-corrected chi connectivity index (χ4v) is 5.46. The number of hydrogen-bond acceptors (Lipinski definition) is 6. The van der Waals surface area contributed by atoms with Crippen molar-refractivity contribution in [2.75, 3.05) is 23.3 Å². The van der Waals surface area contributed by atoms with E-state index in [1.807, 2.05) is 35.1 Å². The van der Waals surface area contributed by atoms with Gasteiger partial charge in [-0.2, -0.15) is 5.10 Å². The number of ether oxygens (including phenoxy) is 1. The Morgan fingerprint density at radius 1 is 1.06 bits per heavy atom. The molecular weight excluding hydrogens is 430 g/mol. The molecule has 2 bridgehead atoms. The number of hydrogen-bond donors (Lipinski definition) is 2. The van der Waals surface area contributed by atoms with Crippen LogP contribution in [0.1, 0.15) is 45.4 Å². The molecule has 2 aromatic heterocycles. The van der Waals surface area contributed by atoms with Gasteiger partial charge in [-0.25, -0.2) is 19.4 Å². The molecule has 34 heavy (non-hydrogen) atoms. The van der Waals surface area contributed by atoms with Gasteiger partial charge in [-0.15, -0.1) is 0 Å². The second-order valence-electron chi connectivity index (χ2n) is 9.59. The summed E-state index contributed by atoms with van der Waals surface area (Å²) < 4.78 is 7.96. The molecule has 2 N–H and O–H groups in total. The van der Waals surface area contributed by atoms with Gasteiger partial charge in [-0.1, -0.05) is 12.8 Å². The summed E-state index contributed by atoms with van der Waals surface area (Å²) in [5.41, 5.74) is 2.51. The average Bonchev–Trinajstić information content (AvgIpc) is 3.59. The zero-order chi connectivity index (χ0) is 23.1. The highest BCUT2D eigenvalue weighted by Gasteiger charge is 2.35. The van der Waals surface area contributed by atoms with Gasteiger partial charge in [-0.3, -0.25) is 0 Å². The summed E-state index contributed by atoms with van der Waals surface area (Å²) in [6.45, 7) is 4.50. The van der Waals surface area contributed by atoms with Gasteiger partial charge in [0.1, 0.15) is 5.82 Å². The molecule has 2 amide bonds. The molecule has 1 aliphatic carbocycles. The normalized spacial score (nSPS) is 22.4. The van der Waals surface area contributed by atoms with Crippen molar-refractivity contribution in [1.29, 1.82) is 0 Å². The van der Waals surface area contributed by atoms with E-state index in [9.17, 15) is 4.79 Å². The maximum Gasteiger partial charge on any atom is 0.319 e. The van der Waals surface area contributed by atoms with Crippen LogP contribution in [0.15, 0.2) is 30.5 Å². The van der Waals surface area contributed by atoms with Crippen molar-refractivity contribution in [2.45, 2.75) is 70.2 Å². The molecule has 2 unspecified atom stereocenters. The Bertz CT molecular complexity index is 1170. The summed E-state index contributed by atoms with van der Waals surface area (Å²) in [6.07, 6.45) is 9.15. The number of fused-ring (bicyclic) bond motifs is 3. The highest BCUT2D eigenvalue weighted by Crippen LogP contribution is 2.33. The maximum absolute atomic E-state index is 12.3. The van der Waals surface area contributed by atoms with Gasteiger partial charge < -0.3 is 20.3 Å². The number of nitrogens with zero attached hydrogens (tertiary/aromatic N) is 5. The number of amides is 2. The first kappa shape index (κ1) is 21.3. The highest BCUT2D eigenvalue weighted by molar-refractivity contribution is 5.90. The van der Waals surface area contributed by atoms with Crippen LogP contribution in [0.5, 0.6) is 0 Å². The van der Waals surface area contributed by atoms with E-state index >= 15 is 0 Å². The minimum absolute atomic E-state index is 0.145. The third-order valence-corrected chi connectivity index (χ3v) is 7.21. The molecule has 3 fully saturated rings. The monoisotopic (exact) mass is 461 g/mol. The molecule has 3 aliphatic rings. The van der Waals surface area contributed by atoms with Gasteiger partial charge in [0.15, 0.2) is 11.5 Å². The van der Waals surface area contributed by atoms with Crippen LogP contribution in [0.25, 0.3) is 22.4 Å². The second kappa shape index (κ2) is 8.87. The SMILES string of the molecule is CCn1ncc2c(N3CC4CCC(C3)O4)nc(-c3ccc(NC(=O)NC4CCCC4)cc3)nc21. The summed E-state index contributed by atoms with van der Waals surface area (Å²) in [4.78, 5) is 24.5. The molecule has 0 radical (unpaired) electrons. The quantitative estimate of drug-likeness (QED) is 0.597. The van der Waals surface area contributed by atoms with Crippen LogP contribution in [-0.2, 0) is 11.3 Å². The van der Waals surface area contributed by atoms with E-state index in [4.69, 9.17) is 14.7 Å². The van der Waals surface area contributed by atoms with E-state index < -0.39 is 0 Å². The Morgan fingerprint density at radius 2 is 1.79 bits per heavy atom. The van der Waals surface area contributed by atoms with Gasteiger partial charge in [0.25, 0.3) is 0 Å². The Balaban J connectivity index is 1.27. The zero-order valence-corrected chi connectivity index (χ0v) is 19.5. The van der Waals surface area contributed by atoms with E-state index in [0.29, 0.717) is 5.82 Å². The first-order chi connectivity index (χ1) is 16.7. The lowest BCUT2D eigenvalue weighted by atomic mass is 10.2. The molecule has 2 atom stereocenters. The van der Waals surface area contributed by atoms with E-state index in [1.165, 1.54) is 12.8 Å². The van der Waals surface area contributed by atoms with Gasteiger partial charge in [0, 0.05) is 36.9 Å². The number of benzene rings is 1. The molecule has 3 aromatic rings. The molecular formula is C25H31N7O2. The molecule has 4 heterocycles. The number of aryl methyl sites for hydroxylation is 1. The highest BCUT2D eigenvalue weighted by atomic mass is 16.5. The number of nitrogens with one attached hydrogen (secondary N) is 2. The predicted octanol–water partition coefficient (Wildman–Crippen LogP) is 3.94. The van der Waals surface area contributed by atoms with Crippen molar-refractivity contribution in [3.63, 3.8) is 0 Å². The molecule has 9 nitrogen and oxygen atoms in total. The lowest BCUT2D eigenvalue weighted by molar-refractivity contribution is 0.0303. The third kappa shape index (κ3) is 4.09. The standard InChI is InChI=1S/C25H31N7O2/c1-2-32-24-21(13-26-32)23(31-14-19-11-12-20(15-31)34-19)29-22(30-24)16-7-9-18(10-8-16)28-25(33)27-17-5-3-4-6-17/h7-10,13,17,19-20H,2-6,11-12,14-15H2,1H3,(H2,27,28,33). The lowest BCUT2D eigenvalue weighted by Crippen LogP contribution is -2.43. The molecule has 0 spiro atoms. The van der Waals surface area contributed by atoms with Crippen molar-refractivity contribution < 1.29 is 9.53 Å². The summed E-state index contributed by atoms with van der Waals surface area (Å²) in [5, 5.41) is 11.5. The maximum atomic E-state index is 12.3. The Kier molecular flexibility index (Phi) is 5.57. The van der Waals surface area contributed by atoms with Crippen molar-refractivity contribution in [3.8, 4) is 11.4 Å². The van der Waals surface area contributed by atoms with Crippen LogP contribution in [0, 0.1) is 0 Å². The number of carbonyl (C=O) groups excluding carboxylic acids is 1. The Labute approximate surface area is 198 Å². The minimum Gasteiger partial charge on any atom is -0.371 e. The van der Waals surface area contributed by atoms with Crippen molar-refractivity contribution in [1.82, 2.24) is 25.1 Å². The lowest BCUT2D eigenvalue weighted by Gasteiger charge is -2.33. The Hall–Kier alpha value is -3.20. The molecule has 6 rings (SSSR count). The summed E-state index contributed by atoms with van der Waals surface area (Å²) >= 11 is 0. The van der Waals surface area contributed by atoms with Crippen LogP contribution in [0.3, 0.4) is 0 Å². The molecule has 1 aromatic carbocycles. The topological polar surface area (TPSA) is 97.2 Å². The van der Waals surface area contributed by atoms with Crippen LogP contribution < -0.4 is 15.5 Å². The second-order valence-corrected chi connectivity index (χ2v) is 9.59. The van der Waals surface area contributed by atoms with Crippen LogP contribution in [-0.4, -0.2) is 57.1 Å². The minimum atomic E-state index is -0.145. The van der Waals surface area contributed by atoms with E-state index in [0.717, 1.165) is 73.4 Å². The largest absolute Gasteiger partial charge is 0.371 e. The number of anilines is 2. The molecule has 1 saturated carbocycles. The molecule has 2 saturated heterocycles. The summed E-state index contributed by atoms with van der Waals surface area (Å²) in [7, 11) is 0. The van der Waals surface area contributed by atoms with E-state index in [2.05, 4.69) is 27.6 Å². The molecule has 2 aliphatic heterocycles. The number of morpholine rings is 1. The summed E-state index contributed by atoms with van der Waals surface area (Å²) in [5.74, 6) is 1.59. The van der Waals surface area contributed by atoms with Crippen LogP contribution in [0.2, 0.25) is 0 Å². The van der Waals surface area contributed by atoms with Crippen molar-refractivity contribution in [3.05, 3.63) is 30.5 Å². The van der Waals surface area contributed by atoms with Gasteiger partial charge in [-0.05, 0) is 56.9 Å². The van der Waals surface area contributed by atoms with Crippen molar-refractivity contribution >= 4 is 28.6 Å². The van der Waals surface area contributed by atoms with Crippen LogP contribution in [0.4, 0.5) is 16.3 Å². The molecule has 178 valence electrons. The van der Waals surface area contributed by atoms with Crippen LogP contribution >= 0.6 is 0 Å². The smallest absolute Gasteiger partial charge is 0.319 e. The fourth-order valence-electron chi connectivity index (χ4n) is 5.46.